The molecule has 6 heteroatoms. The molecule has 0 radical (unpaired) electrons. The molecule has 28 heavy (non-hydrogen) atoms. The van der Waals surface area contributed by atoms with E-state index in [0.29, 0.717) is 16.4 Å². The van der Waals surface area contributed by atoms with Crippen molar-refractivity contribution >= 4 is 33.2 Å². The summed E-state index contributed by atoms with van der Waals surface area (Å²) in [7, 11) is -1.65. The number of esters is 1. The van der Waals surface area contributed by atoms with Crippen molar-refractivity contribution in [3.63, 3.8) is 0 Å². The maximum absolute atomic E-state index is 12.0. The number of ether oxygens (including phenoxy) is 2. The Balaban J connectivity index is 2.08. The normalized spacial score (nSPS) is 14.9. The Morgan fingerprint density at radius 1 is 1.07 bits per heavy atom. The number of methoxy groups -OCH3 is 1. The molecular formula is C22H22O5S. The summed E-state index contributed by atoms with van der Waals surface area (Å²) < 4.78 is 34.7. The van der Waals surface area contributed by atoms with E-state index in [-0.39, 0.29) is 5.75 Å². The van der Waals surface area contributed by atoms with Gasteiger partial charge in [-0.25, -0.2) is 8.42 Å². The molecule has 0 saturated heterocycles. The van der Waals surface area contributed by atoms with E-state index in [4.69, 9.17) is 9.47 Å². The number of allylic oxidation sites excluding steroid dienone is 2. The second-order valence-electron chi connectivity index (χ2n) is 6.49. The van der Waals surface area contributed by atoms with Gasteiger partial charge in [-0.2, -0.15) is 0 Å². The molecule has 3 rings (SSSR count). The SMILES string of the molecule is CCS(=O)(=O)c1ccc(C=C2C(C)=C(OC(C)=O)c3cc(OC)ccc32)cc1. The van der Waals surface area contributed by atoms with Crippen molar-refractivity contribution in [1.82, 2.24) is 0 Å². The molecule has 1 aliphatic rings. The molecule has 146 valence electrons. The van der Waals surface area contributed by atoms with Crippen LogP contribution in [0.3, 0.4) is 0 Å². The number of carbonyl (C=O) groups excluding carboxylic acids is 1. The molecule has 0 N–H and O–H groups in total. The van der Waals surface area contributed by atoms with Gasteiger partial charge in [0.15, 0.2) is 9.84 Å². The van der Waals surface area contributed by atoms with Crippen molar-refractivity contribution < 1.29 is 22.7 Å². The molecule has 0 saturated carbocycles. The highest BCUT2D eigenvalue weighted by atomic mass is 32.2. The topological polar surface area (TPSA) is 69.7 Å². The molecule has 0 fully saturated rings. The summed E-state index contributed by atoms with van der Waals surface area (Å²) in [6.07, 6.45) is 1.96. The minimum absolute atomic E-state index is 0.0657. The van der Waals surface area contributed by atoms with Crippen LogP contribution in [0.15, 0.2) is 52.9 Å². The molecule has 2 aromatic carbocycles. The van der Waals surface area contributed by atoms with Gasteiger partial charge in [-0.3, -0.25) is 4.79 Å². The fourth-order valence-electron chi connectivity index (χ4n) is 3.17. The van der Waals surface area contributed by atoms with Crippen LogP contribution in [0.5, 0.6) is 5.75 Å². The largest absolute Gasteiger partial charge is 0.497 e. The maximum Gasteiger partial charge on any atom is 0.308 e. The van der Waals surface area contributed by atoms with Gasteiger partial charge < -0.3 is 9.47 Å². The lowest BCUT2D eigenvalue weighted by molar-refractivity contribution is -0.134. The average Bonchev–Trinajstić information content (AvgIpc) is 2.93. The molecule has 0 heterocycles. The van der Waals surface area contributed by atoms with E-state index in [1.807, 2.05) is 31.2 Å². The standard InChI is InChI=1S/C22H22O5S/c1-5-28(24,25)18-9-6-16(7-10-18)12-20-14(2)22(27-15(3)23)21-13-17(26-4)8-11-19(20)21/h6-13H,5H2,1-4H3. The predicted molar refractivity (Wildman–Crippen MR) is 109 cm³/mol. The van der Waals surface area contributed by atoms with Crippen LogP contribution in [-0.2, 0) is 19.4 Å². The number of carbonyl (C=O) groups is 1. The molecule has 0 amide bonds. The molecule has 0 aliphatic heterocycles. The monoisotopic (exact) mass is 398 g/mol. The van der Waals surface area contributed by atoms with Crippen molar-refractivity contribution in [2.24, 2.45) is 0 Å². The Kier molecular flexibility index (Phi) is 5.42. The van der Waals surface area contributed by atoms with Crippen LogP contribution in [0.2, 0.25) is 0 Å². The summed E-state index contributed by atoms with van der Waals surface area (Å²) in [5.74, 6) is 0.860. The molecule has 2 aromatic rings. The minimum Gasteiger partial charge on any atom is -0.497 e. The fourth-order valence-corrected chi connectivity index (χ4v) is 4.05. The van der Waals surface area contributed by atoms with Gasteiger partial charge >= 0.3 is 5.97 Å². The number of fused-ring (bicyclic) bond motifs is 1. The van der Waals surface area contributed by atoms with Gasteiger partial charge in [0.05, 0.1) is 17.8 Å². The molecule has 0 unspecified atom stereocenters. The molecule has 5 nitrogen and oxygen atoms in total. The van der Waals surface area contributed by atoms with Gasteiger partial charge in [-0.1, -0.05) is 19.1 Å². The first-order valence-electron chi connectivity index (χ1n) is 8.89. The first-order valence-corrected chi connectivity index (χ1v) is 10.5. The summed E-state index contributed by atoms with van der Waals surface area (Å²) in [5.41, 5.74) is 4.34. The highest BCUT2D eigenvalue weighted by molar-refractivity contribution is 7.91. The molecular weight excluding hydrogens is 376 g/mol. The quantitative estimate of drug-likeness (QED) is 0.701. The smallest absolute Gasteiger partial charge is 0.308 e. The maximum atomic E-state index is 12.0. The summed E-state index contributed by atoms with van der Waals surface area (Å²) >= 11 is 0. The summed E-state index contributed by atoms with van der Waals surface area (Å²) in [4.78, 5) is 11.9. The minimum atomic E-state index is -3.23. The first kappa shape index (κ1) is 19.9. The van der Waals surface area contributed by atoms with Gasteiger partial charge in [0.25, 0.3) is 0 Å². The highest BCUT2D eigenvalue weighted by Crippen LogP contribution is 2.44. The third-order valence-corrected chi connectivity index (χ3v) is 6.43. The van der Waals surface area contributed by atoms with Crippen LogP contribution in [-0.4, -0.2) is 27.2 Å². The lowest BCUT2D eigenvalue weighted by atomic mass is 10.0. The van der Waals surface area contributed by atoms with E-state index in [9.17, 15) is 13.2 Å². The van der Waals surface area contributed by atoms with Crippen molar-refractivity contribution in [1.29, 1.82) is 0 Å². The predicted octanol–water partition coefficient (Wildman–Crippen LogP) is 4.34. The van der Waals surface area contributed by atoms with Gasteiger partial charge in [0, 0.05) is 18.1 Å². The summed E-state index contributed by atoms with van der Waals surface area (Å²) in [5, 5.41) is 0. The van der Waals surface area contributed by atoms with E-state index in [0.717, 1.165) is 27.8 Å². The molecule has 1 aliphatic carbocycles. The fraction of sp³-hybridized carbons (Fsp3) is 0.227. The summed E-state index contributed by atoms with van der Waals surface area (Å²) in [6.45, 7) is 4.89. The Hall–Kier alpha value is -2.86. The van der Waals surface area contributed by atoms with E-state index in [1.165, 1.54) is 6.92 Å². The Morgan fingerprint density at radius 3 is 2.32 bits per heavy atom. The van der Waals surface area contributed by atoms with Crippen LogP contribution in [0.25, 0.3) is 17.4 Å². The van der Waals surface area contributed by atoms with Gasteiger partial charge in [-0.05, 0) is 60.0 Å². The number of hydrogen-bond acceptors (Lipinski definition) is 5. The molecule has 0 atom stereocenters. The van der Waals surface area contributed by atoms with Crippen LogP contribution in [0.4, 0.5) is 0 Å². The van der Waals surface area contributed by atoms with Gasteiger partial charge in [-0.15, -0.1) is 0 Å². The molecule has 0 aromatic heterocycles. The Morgan fingerprint density at radius 2 is 1.75 bits per heavy atom. The second kappa shape index (κ2) is 7.64. The van der Waals surface area contributed by atoms with Crippen molar-refractivity contribution in [3.8, 4) is 5.75 Å². The van der Waals surface area contributed by atoms with Gasteiger partial charge in [0.1, 0.15) is 11.5 Å². The van der Waals surface area contributed by atoms with Crippen molar-refractivity contribution in [2.45, 2.75) is 25.7 Å². The molecule has 0 bridgehead atoms. The van der Waals surface area contributed by atoms with Crippen LogP contribution in [0.1, 0.15) is 37.5 Å². The van der Waals surface area contributed by atoms with E-state index in [1.54, 1.807) is 38.3 Å². The Bertz CT molecular complexity index is 1090. The molecule has 0 spiro atoms. The van der Waals surface area contributed by atoms with Crippen LogP contribution in [0, 0.1) is 0 Å². The summed E-state index contributed by atoms with van der Waals surface area (Å²) in [6, 6.07) is 12.4. The van der Waals surface area contributed by atoms with Crippen molar-refractivity contribution in [2.75, 3.05) is 12.9 Å². The Labute approximate surface area is 165 Å². The second-order valence-corrected chi connectivity index (χ2v) is 8.77. The lowest BCUT2D eigenvalue weighted by Crippen LogP contribution is -2.03. The zero-order valence-electron chi connectivity index (χ0n) is 16.3. The van der Waals surface area contributed by atoms with Gasteiger partial charge in [0.2, 0.25) is 0 Å². The first-order chi connectivity index (χ1) is 13.3. The van der Waals surface area contributed by atoms with Crippen LogP contribution >= 0.6 is 0 Å². The van der Waals surface area contributed by atoms with E-state index >= 15 is 0 Å². The third kappa shape index (κ3) is 3.73. The lowest BCUT2D eigenvalue weighted by Gasteiger charge is -2.07. The number of sulfone groups is 1. The van der Waals surface area contributed by atoms with E-state index in [2.05, 4.69) is 0 Å². The number of hydrogen-bond donors (Lipinski definition) is 0. The zero-order chi connectivity index (χ0) is 20.5. The van der Waals surface area contributed by atoms with Crippen molar-refractivity contribution in [3.05, 3.63) is 64.7 Å². The highest BCUT2D eigenvalue weighted by Gasteiger charge is 2.27. The average molecular weight is 398 g/mol. The zero-order valence-corrected chi connectivity index (χ0v) is 17.1. The van der Waals surface area contributed by atoms with Crippen LogP contribution < -0.4 is 4.74 Å². The number of rotatable bonds is 5. The third-order valence-electron chi connectivity index (χ3n) is 4.68. The van der Waals surface area contributed by atoms with E-state index < -0.39 is 15.8 Å². The number of benzene rings is 2.